The molecule has 2 saturated heterocycles. The summed E-state index contributed by atoms with van der Waals surface area (Å²) in [7, 11) is 0. The number of ether oxygens (including phenoxy) is 2. The fraction of sp³-hybridized carbons (Fsp3) is 0.619. The number of benzene rings is 1. The summed E-state index contributed by atoms with van der Waals surface area (Å²) in [6.07, 6.45) is 4.36. The molecule has 1 aliphatic carbocycles. The van der Waals surface area contributed by atoms with E-state index in [0.717, 1.165) is 51.5 Å². The molecule has 0 bridgehead atoms. The van der Waals surface area contributed by atoms with Crippen LogP contribution in [0.3, 0.4) is 0 Å². The van der Waals surface area contributed by atoms with Crippen LogP contribution in [0.25, 0.3) is 0 Å². The first kappa shape index (κ1) is 17.8. The van der Waals surface area contributed by atoms with E-state index in [0.29, 0.717) is 29.5 Å². The van der Waals surface area contributed by atoms with Crippen molar-refractivity contribution in [3.63, 3.8) is 0 Å². The first-order valence-electron chi connectivity index (χ1n) is 10.4. The number of amides is 2. The number of rotatable bonds is 4. The third-order valence-corrected chi connectivity index (χ3v) is 6.32. The highest BCUT2D eigenvalue weighted by Gasteiger charge is 2.38. The van der Waals surface area contributed by atoms with E-state index in [1.54, 1.807) is 18.2 Å². The molecule has 0 spiro atoms. The number of carbonyl (C=O) groups is 2. The first-order valence-corrected chi connectivity index (χ1v) is 10.4. The maximum atomic E-state index is 13.0. The smallest absolute Gasteiger partial charge is 0.254 e. The highest BCUT2D eigenvalue weighted by atomic mass is 16.7. The predicted octanol–water partition coefficient (Wildman–Crippen LogP) is 1.57. The second-order valence-corrected chi connectivity index (χ2v) is 8.28. The normalized spacial score (nSPS) is 25.3. The maximum absolute atomic E-state index is 13.0. The molecular weight excluding hydrogens is 358 g/mol. The fourth-order valence-electron chi connectivity index (χ4n) is 4.52. The Kier molecular flexibility index (Phi) is 4.62. The molecule has 2 amide bonds. The van der Waals surface area contributed by atoms with Crippen molar-refractivity contribution in [3.05, 3.63) is 23.8 Å². The van der Waals surface area contributed by atoms with E-state index in [1.165, 1.54) is 12.8 Å². The van der Waals surface area contributed by atoms with Crippen molar-refractivity contribution in [1.29, 1.82) is 0 Å². The average Bonchev–Trinajstić information content (AvgIpc) is 3.36. The molecule has 3 aliphatic heterocycles. The van der Waals surface area contributed by atoms with Crippen molar-refractivity contribution >= 4 is 11.8 Å². The van der Waals surface area contributed by atoms with E-state index in [4.69, 9.17) is 9.47 Å². The Hall–Kier alpha value is -2.28. The minimum Gasteiger partial charge on any atom is -0.454 e. The average molecular weight is 385 g/mol. The zero-order valence-electron chi connectivity index (χ0n) is 16.1. The fourth-order valence-corrected chi connectivity index (χ4v) is 4.52. The number of nitrogens with zero attached hydrogens (tertiary/aromatic N) is 3. The highest BCUT2D eigenvalue weighted by molar-refractivity contribution is 5.95. The van der Waals surface area contributed by atoms with Crippen LogP contribution < -0.4 is 9.47 Å². The van der Waals surface area contributed by atoms with Crippen molar-refractivity contribution in [1.82, 2.24) is 14.7 Å². The molecule has 1 saturated carbocycles. The summed E-state index contributed by atoms with van der Waals surface area (Å²) in [6.45, 7) is 5.03. The molecular formula is C21H27N3O4. The van der Waals surface area contributed by atoms with Gasteiger partial charge in [-0.15, -0.1) is 0 Å². The molecule has 1 aromatic rings. The van der Waals surface area contributed by atoms with Crippen molar-refractivity contribution in [2.45, 2.75) is 31.7 Å². The van der Waals surface area contributed by atoms with E-state index in [-0.39, 0.29) is 18.7 Å². The molecule has 4 aliphatic rings. The lowest BCUT2D eigenvalue weighted by Gasteiger charge is -2.26. The van der Waals surface area contributed by atoms with Crippen molar-refractivity contribution in [2.75, 3.05) is 46.1 Å². The molecule has 0 N–H and O–H groups in total. The molecule has 1 atom stereocenters. The van der Waals surface area contributed by atoms with Gasteiger partial charge in [0.25, 0.3) is 5.91 Å². The molecule has 150 valence electrons. The van der Waals surface area contributed by atoms with E-state index < -0.39 is 0 Å². The zero-order valence-corrected chi connectivity index (χ0v) is 16.1. The van der Waals surface area contributed by atoms with Gasteiger partial charge in [-0.25, -0.2) is 0 Å². The van der Waals surface area contributed by atoms with E-state index in [9.17, 15) is 9.59 Å². The van der Waals surface area contributed by atoms with Crippen LogP contribution in [0.15, 0.2) is 18.2 Å². The Morgan fingerprint density at radius 1 is 1.00 bits per heavy atom. The molecule has 5 rings (SSSR count). The molecule has 7 heteroatoms. The molecule has 28 heavy (non-hydrogen) atoms. The topological polar surface area (TPSA) is 62.3 Å². The number of fused-ring (bicyclic) bond motifs is 1. The van der Waals surface area contributed by atoms with Gasteiger partial charge in [0.05, 0.1) is 6.04 Å². The summed E-state index contributed by atoms with van der Waals surface area (Å²) < 4.78 is 10.7. The van der Waals surface area contributed by atoms with Gasteiger partial charge in [0.1, 0.15) is 0 Å². The first-order chi connectivity index (χ1) is 13.7. The Bertz CT molecular complexity index is 779. The summed E-state index contributed by atoms with van der Waals surface area (Å²) in [5.41, 5.74) is 0.630. The zero-order chi connectivity index (χ0) is 19.1. The van der Waals surface area contributed by atoms with Gasteiger partial charge in [-0.2, -0.15) is 0 Å². The Balaban J connectivity index is 1.21. The second-order valence-electron chi connectivity index (χ2n) is 8.28. The molecule has 0 aromatic heterocycles. The SMILES string of the molecule is O=C(c1ccc2c(c1)OCO2)N1CCCN([C@H]2CCN(CC3CC3)C2=O)CC1. The van der Waals surface area contributed by atoms with Gasteiger partial charge in [-0.3, -0.25) is 14.5 Å². The summed E-state index contributed by atoms with van der Waals surface area (Å²) in [6, 6.07) is 5.36. The van der Waals surface area contributed by atoms with Crippen LogP contribution in [0, 0.1) is 5.92 Å². The summed E-state index contributed by atoms with van der Waals surface area (Å²) >= 11 is 0. The highest BCUT2D eigenvalue weighted by Crippen LogP contribution is 2.33. The number of hydrogen-bond acceptors (Lipinski definition) is 5. The molecule has 1 aromatic carbocycles. The molecule has 3 heterocycles. The predicted molar refractivity (Wildman–Crippen MR) is 102 cm³/mol. The van der Waals surface area contributed by atoms with Crippen LogP contribution in [0.4, 0.5) is 0 Å². The van der Waals surface area contributed by atoms with Crippen molar-refractivity contribution < 1.29 is 19.1 Å². The summed E-state index contributed by atoms with van der Waals surface area (Å²) in [5.74, 6) is 2.38. The third kappa shape index (κ3) is 3.43. The van der Waals surface area contributed by atoms with Crippen LogP contribution in [-0.2, 0) is 4.79 Å². The van der Waals surface area contributed by atoms with Gasteiger partial charge in [0, 0.05) is 44.8 Å². The van der Waals surface area contributed by atoms with Gasteiger partial charge in [0.2, 0.25) is 12.7 Å². The molecule has 3 fully saturated rings. The standard InChI is InChI=1S/C21H27N3O4/c25-20(16-4-5-18-19(12-16)28-14-27-18)23-8-1-7-22(10-11-23)17-6-9-24(21(17)26)13-15-2-3-15/h4-5,12,15,17H,1-3,6-11,13-14H2/t17-/m0/s1. The maximum Gasteiger partial charge on any atom is 0.254 e. The van der Waals surface area contributed by atoms with Crippen LogP contribution >= 0.6 is 0 Å². The minimum absolute atomic E-state index is 0.000606. The molecule has 0 radical (unpaired) electrons. The summed E-state index contributed by atoms with van der Waals surface area (Å²) in [4.78, 5) is 32.0. The van der Waals surface area contributed by atoms with Crippen LogP contribution in [0.2, 0.25) is 0 Å². The van der Waals surface area contributed by atoms with Crippen molar-refractivity contribution in [2.24, 2.45) is 5.92 Å². The van der Waals surface area contributed by atoms with Crippen molar-refractivity contribution in [3.8, 4) is 11.5 Å². The lowest BCUT2D eigenvalue weighted by atomic mass is 10.1. The van der Waals surface area contributed by atoms with Crippen LogP contribution in [-0.4, -0.2) is 78.6 Å². The molecule has 0 unspecified atom stereocenters. The van der Waals surface area contributed by atoms with E-state index in [2.05, 4.69) is 9.80 Å². The number of hydrogen-bond donors (Lipinski definition) is 0. The number of likely N-dealkylation sites (tertiary alicyclic amines) is 1. The van der Waals surface area contributed by atoms with Gasteiger partial charge in [-0.05, 0) is 49.8 Å². The third-order valence-electron chi connectivity index (χ3n) is 6.32. The van der Waals surface area contributed by atoms with Gasteiger partial charge < -0.3 is 19.3 Å². The van der Waals surface area contributed by atoms with Crippen LogP contribution in [0.1, 0.15) is 36.0 Å². The Morgan fingerprint density at radius 3 is 2.71 bits per heavy atom. The minimum atomic E-state index is -0.000606. The van der Waals surface area contributed by atoms with E-state index >= 15 is 0 Å². The molecule has 7 nitrogen and oxygen atoms in total. The Morgan fingerprint density at radius 2 is 1.86 bits per heavy atom. The summed E-state index contributed by atoms with van der Waals surface area (Å²) in [5, 5.41) is 0. The van der Waals surface area contributed by atoms with Gasteiger partial charge >= 0.3 is 0 Å². The van der Waals surface area contributed by atoms with Gasteiger partial charge in [0.15, 0.2) is 11.5 Å². The van der Waals surface area contributed by atoms with Gasteiger partial charge in [-0.1, -0.05) is 0 Å². The number of carbonyl (C=O) groups excluding carboxylic acids is 2. The largest absolute Gasteiger partial charge is 0.454 e. The lowest BCUT2D eigenvalue weighted by Crippen LogP contribution is -2.44. The quantitative estimate of drug-likeness (QED) is 0.787. The monoisotopic (exact) mass is 385 g/mol. The second kappa shape index (κ2) is 7.28. The lowest BCUT2D eigenvalue weighted by molar-refractivity contribution is -0.132. The van der Waals surface area contributed by atoms with Crippen LogP contribution in [0.5, 0.6) is 11.5 Å². The van der Waals surface area contributed by atoms with E-state index in [1.807, 2.05) is 4.90 Å². The Labute approximate surface area is 165 Å².